The molecule has 0 radical (unpaired) electrons. The maximum absolute atomic E-state index is 9.01. The number of anilines is 2. The van der Waals surface area contributed by atoms with Gasteiger partial charge in [-0.2, -0.15) is 15.3 Å². The molecule has 0 aromatic carbocycles. The topological polar surface area (TPSA) is 88.6 Å². The van der Waals surface area contributed by atoms with Crippen molar-refractivity contribution >= 4 is 27.6 Å². The summed E-state index contributed by atoms with van der Waals surface area (Å²) in [5, 5.41) is 16.9. The molecule has 0 amide bonds. The Morgan fingerprint density at radius 1 is 1.48 bits per heavy atom. The van der Waals surface area contributed by atoms with E-state index in [-0.39, 0.29) is 12.0 Å². The van der Waals surface area contributed by atoms with Crippen LogP contribution in [-0.2, 0) is 0 Å². The fraction of sp³-hybridized carbons (Fsp3) is 0.467. The molecule has 0 bridgehead atoms. The van der Waals surface area contributed by atoms with Gasteiger partial charge in [-0.25, -0.2) is 4.98 Å². The molecule has 2 aromatic rings. The first-order valence-electron chi connectivity index (χ1n) is 7.52. The SMILES string of the molecule is COc1nc(Nc2cn([C@H]3CC3C#N)nc2C2CC2)ncc1Br. The Kier molecular flexibility index (Phi) is 3.45. The summed E-state index contributed by atoms with van der Waals surface area (Å²) in [4.78, 5) is 8.59. The Hall–Kier alpha value is -2.14. The number of nitrogens with zero attached hydrogens (tertiary/aromatic N) is 5. The smallest absolute Gasteiger partial charge is 0.232 e. The first-order valence-corrected chi connectivity index (χ1v) is 8.31. The highest BCUT2D eigenvalue weighted by molar-refractivity contribution is 9.10. The van der Waals surface area contributed by atoms with E-state index in [0.29, 0.717) is 22.2 Å². The third-order valence-electron chi connectivity index (χ3n) is 4.14. The first kappa shape index (κ1) is 14.5. The van der Waals surface area contributed by atoms with Crippen LogP contribution in [0.5, 0.6) is 5.88 Å². The van der Waals surface area contributed by atoms with Crippen LogP contribution in [0.4, 0.5) is 11.6 Å². The number of nitrogens with one attached hydrogen (secondary N) is 1. The lowest BCUT2D eigenvalue weighted by atomic mass is 10.2. The molecular weight excluding hydrogens is 360 g/mol. The molecule has 0 saturated heterocycles. The Balaban J connectivity index is 1.62. The van der Waals surface area contributed by atoms with E-state index in [0.717, 1.165) is 30.6 Å². The molecule has 118 valence electrons. The highest BCUT2D eigenvalue weighted by atomic mass is 79.9. The minimum atomic E-state index is 0.0822. The lowest BCUT2D eigenvalue weighted by Crippen LogP contribution is -2.00. The van der Waals surface area contributed by atoms with E-state index in [4.69, 9.17) is 15.1 Å². The normalized spacial score (nSPS) is 22.5. The molecule has 0 spiro atoms. The summed E-state index contributed by atoms with van der Waals surface area (Å²) in [5.74, 6) is 1.53. The van der Waals surface area contributed by atoms with Gasteiger partial charge < -0.3 is 10.1 Å². The Bertz CT molecular complexity index is 794. The number of rotatable bonds is 5. The van der Waals surface area contributed by atoms with Crippen molar-refractivity contribution in [3.05, 3.63) is 22.6 Å². The molecule has 1 unspecified atom stereocenters. The van der Waals surface area contributed by atoms with E-state index in [2.05, 4.69) is 37.3 Å². The fourth-order valence-electron chi connectivity index (χ4n) is 2.62. The lowest BCUT2D eigenvalue weighted by molar-refractivity contribution is 0.394. The summed E-state index contributed by atoms with van der Waals surface area (Å²) in [7, 11) is 1.57. The molecule has 2 fully saturated rings. The van der Waals surface area contributed by atoms with Gasteiger partial charge in [-0.1, -0.05) is 0 Å². The third-order valence-corrected chi connectivity index (χ3v) is 4.68. The Morgan fingerprint density at radius 3 is 2.96 bits per heavy atom. The van der Waals surface area contributed by atoms with Crippen molar-refractivity contribution in [3.8, 4) is 11.9 Å². The van der Waals surface area contributed by atoms with Crippen LogP contribution in [0.2, 0.25) is 0 Å². The van der Waals surface area contributed by atoms with E-state index in [1.54, 1.807) is 13.3 Å². The maximum Gasteiger partial charge on any atom is 0.232 e. The predicted molar refractivity (Wildman–Crippen MR) is 86.5 cm³/mol. The van der Waals surface area contributed by atoms with Crippen molar-refractivity contribution < 1.29 is 4.74 Å². The molecule has 2 aliphatic rings. The maximum atomic E-state index is 9.01. The number of methoxy groups -OCH3 is 1. The van der Waals surface area contributed by atoms with Crippen LogP contribution in [0.3, 0.4) is 0 Å². The van der Waals surface area contributed by atoms with Crippen LogP contribution >= 0.6 is 15.9 Å². The molecule has 2 aromatic heterocycles. The van der Waals surface area contributed by atoms with Crippen molar-refractivity contribution in [1.82, 2.24) is 19.7 Å². The zero-order valence-corrected chi connectivity index (χ0v) is 14.1. The van der Waals surface area contributed by atoms with E-state index in [1.165, 1.54) is 0 Å². The molecule has 7 nitrogen and oxygen atoms in total. The van der Waals surface area contributed by atoms with Crippen molar-refractivity contribution in [2.24, 2.45) is 5.92 Å². The third kappa shape index (κ3) is 2.77. The molecule has 23 heavy (non-hydrogen) atoms. The molecular formula is C15H15BrN6O. The summed E-state index contributed by atoms with van der Waals surface area (Å²) >= 11 is 3.34. The van der Waals surface area contributed by atoms with E-state index in [9.17, 15) is 0 Å². The van der Waals surface area contributed by atoms with E-state index >= 15 is 0 Å². The van der Waals surface area contributed by atoms with Gasteiger partial charge in [0.15, 0.2) is 0 Å². The van der Waals surface area contributed by atoms with Crippen molar-refractivity contribution in [2.75, 3.05) is 12.4 Å². The van der Waals surface area contributed by atoms with E-state index < -0.39 is 0 Å². The Morgan fingerprint density at radius 2 is 2.30 bits per heavy atom. The Labute approximate surface area is 141 Å². The highest BCUT2D eigenvalue weighted by Crippen LogP contribution is 2.47. The lowest BCUT2D eigenvalue weighted by Gasteiger charge is -2.06. The summed E-state index contributed by atoms with van der Waals surface area (Å²) in [5.41, 5.74) is 1.96. The summed E-state index contributed by atoms with van der Waals surface area (Å²) < 4.78 is 7.82. The zero-order valence-electron chi connectivity index (χ0n) is 12.5. The van der Waals surface area contributed by atoms with Crippen LogP contribution < -0.4 is 10.1 Å². The quantitative estimate of drug-likeness (QED) is 0.864. The average molecular weight is 375 g/mol. The molecule has 4 rings (SSSR count). The van der Waals surface area contributed by atoms with Crippen LogP contribution in [0.15, 0.2) is 16.9 Å². The monoisotopic (exact) mass is 374 g/mol. The average Bonchev–Trinajstić information content (AvgIpc) is 3.48. The van der Waals surface area contributed by atoms with Gasteiger partial charge >= 0.3 is 0 Å². The van der Waals surface area contributed by atoms with Crippen LogP contribution in [0, 0.1) is 17.2 Å². The number of hydrogen-bond acceptors (Lipinski definition) is 6. The van der Waals surface area contributed by atoms with Gasteiger partial charge in [0.1, 0.15) is 0 Å². The largest absolute Gasteiger partial charge is 0.480 e. The molecule has 8 heteroatoms. The number of aromatic nitrogens is 4. The highest BCUT2D eigenvalue weighted by Gasteiger charge is 2.41. The van der Waals surface area contributed by atoms with Crippen molar-refractivity contribution in [1.29, 1.82) is 5.26 Å². The summed E-state index contributed by atoms with van der Waals surface area (Å²) in [6.45, 7) is 0. The predicted octanol–water partition coefficient (Wildman–Crippen LogP) is 3.15. The van der Waals surface area contributed by atoms with Gasteiger partial charge in [0.2, 0.25) is 11.8 Å². The minimum Gasteiger partial charge on any atom is -0.480 e. The summed E-state index contributed by atoms with van der Waals surface area (Å²) in [6.07, 6.45) is 6.81. The second-order valence-electron chi connectivity index (χ2n) is 5.90. The van der Waals surface area contributed by atoms with Gasteiger partial charge in [0, 0.05) is 12.1 Å². The number of hydrogen-bond donors (Lipinski definition) is 1. The van der Waals surface area contributed by atoms with Gasteiger partial charge in [0.05, 0.1) is 47.2 Å². The second-order valence-corrected chi connectivity index (χ2v) is 6.75. The fourth-order valence-corrected chi connectivity index (χ4v) is 2.97. The van der Waals surface area contributed by atoms with Gasteiger partial charge in [-0.15, -0.1) is 0 Å². The van der Waals surface area contributed by atoms with Crippen LogP contribution in [-0.4, -0.2) is 26.9 Å². The standard InChI is InChI=1S/C15H15BrN6O/c1-23-14-10(16)6-18-15(20-14)19-11-7-22(12-4-9(12)5-17)21-13(11)8-2-3-8/h6-9,12H,2-4H2,1H3,(H,18,19,20)/t9?,12-/m0/s1. The second kappa shape index (κ2) is 5.49. The zero-order chi connectivity index (χ0) is 16.0. The first-order chi connectivity index (χ1) is 11.2. The van der Waals surface area contributed by atoms with Crippen molar-refractivity contribution in [3.63, 3.8) is 0 Å². The number of ether oxygens (including phenoxy) is 1. The van der Waals surface area contributed by atoms with Gasteiger partial charge in [-0.05, 0) is 35.2 Å². The molecule has 2 aliphatic carbocycles. The molecule has 0 aliphatic heterocycles. The summed E-state index contributed by atoms with van der Waals surface area (Å²) in [6, 6.07) is 2.51. The minimum absolute atomic E-state index is 0.0822. The number of halogens is 1. The van der Waals surface area contributed by atoms with E-state index in [1.807, 2.05) is 10.9 Å². The molecule has 2 heterocycles. The molecule has 2 saturated carbocycles. The van der Waals surface area contributed by atoms with Gasteiger partial charge in [-0.3, -0.25) is 4.68 Å². The molecule has 2 atom stereocenters. The van der Waals surface area contributed by atoms with Crippen LogP contribution in [0.25, 0.3) is 0 Å². The van der Waals surface area contributed by atoms with Crippen LogP contribution in [0.1, 0.15) is 36.9 Å². The van der Waals surface area contributed by atoms with Crippen molar-refractivity contribution in [2.45, 2.75) is 31.2 Å². The molecule has 1 N–H and O–H groups in total. The van der Waals surface area contributed by atoms with Gasteiger partial charge in [0.25, 0.3) is 0 Å². The number of nitriles is 1.